The van der Waals surface area contributed by atoms with Gasteiger partial charge in [0.05, 0.1) is 6.20 Å². The predicted octanol–water partition coefficient (Wildman–Crippen LogP) is 3.89. The fourth-order valence-electron chi connectivity index (χ4n) is 1.62. The molecule has 0 atom stereocenters. The molecule has 2 aromatic rings. The highest BCUT2D eigenvalue weighted by Crippen LogP contribution is 2.27. The molecule has 5 heteroatoms. The number of rotatable bonds is 5. The minimum Gasteiger partial charge on any atom is -0.455 e. The van der Waals surface area contributed by atoms with Gasteiger partial charge in [0.25, 0.3) is 0 Å². The van der Waals surface area contributed by atoms with Crippen molar-refractivity contribution in [2.45, 2.75) is 13.5 Å². The van der Waals surface area contributed by atoms with Crippen molar-refractivity contribution in [3.63, 3.8) is 0 Å². The summed E-state index contributed by atoms with van der Waals surface area (Å²) in [6.45, 7) is 3.59. The van der Waals surface area contributed by atoms with Crippen LogP contribution in [0.25, 0.3) is 0 Å². The molecule has 1 aromatic carbocycles. The summed E-state index contributed by atoms with van der Waals surface area (Å²) in [7, 11) is 0. The first-order valence-corrected chi connectivity index (χ1v) is 6.76. The van der Waals surface area contributed by atoms with Gasteiger partial charge in [-0.25, -0.2) is 4.39 Å². The van der Waals surface area contributed by atoms with Crippen LogP contribution in [0.1, 0.15) is 12.5 Å². The van der Waals surface area contributed by atoms with Gasteiger partial charge in [0.15, 0.2) is 0 Å². The van der Waals surface area contributed by atoms with Gasteiger partial charge in [-0.15, -0.1) is 0 Å². The van der Waals surface area contributed by atoms with Crippen LogP contribution >= 0.6 is 15.9 Å². The molecule has 0 fully saturated rings. The average molecular weight is 325 g/mol. The van der Waals surface area contributed by atoms with Gasteiger partial charge in [0, 0.05) is 28.8 Å². The smallest absolute Gasteiger partial charge is 0.150 e. The van der Waals surface area contributed by atoms with Crippen molar-refractivity contribution in [3.05, 3.63) is 52.5 Å². The average Bonchev–Trinajstić information content (AvgIpc) is 2.36. The van der Waals surface area contributed by atoms with Crippen LogP contribution in [-0.4, -0.2) is 11.5 Å². The number of aromatic nitrogens is 1. The molecular formula is C14H14BrFN2O. The molecule has 0 aliphatic rings. The van der Waals surface area contributed by atoms with Crippen LogP contribution < -0.4 is 10.1 Å². The Morgan fingerprint density at radius 2 is 2.21 bits per heavy atom. The molecular weight excluding hydrogens is 311 g/mol. The van der Waals surface area contributed by atoms with Crippen LogP contribution in [0, 0.1) is 5.82 Å². The summed E-state index contributed by atoms with van der Waals surface area (Å²) >= 11 is 3.24. The van der Waals surface area contributed by atoms with Crippen molar-refractivity contribution in [3.8, 4) is 11.5 Å². The van der Waals surface area contributed by atoms with Gasteiger partial charge in [-0.2, -0.15) is 0 Å². The number of nitrogens with one attached hydrogen (secondary N) is 1. The summed E-state index contributed by atoms with van der Waals surface area (Å²) in [4.78, 5) is 4.04. The number of hydrogen-bond acceptors (Lipinski definition) is 3. The highest BCUT2D eigenvalue weighted by atomic mass is 79.9. The SMILES string of the molecule is CCNCc1ccncc1Oc1cc(F)cc(Br)c1. The van der Waals surface area contributed by atoms with E-state index in [1.54, 1.807) is 18.5 Å². The van der Waals surface area contributed by atoms with E-state index in [4.69, 9.17) is 4.74 Å². The van der Waals surface area contributed by atoms with Gasteiger partial charge in [-0.05, 0) is 24.7 Å². The van der Waals surface area contributed by atoms with Crippen LogP contribution in [-0.2, 0) is 6.54 Å². The lowest BCUT2D eigenvalue weighted by molar-refractivity contribution is 0.465. The molecule has 0 saturated carbocycles. The number of ether oxygens (including phenoxy) is 1. The molecule has 1 heterocycles. The van der Waals surface area contributed by atoms with Gasteiger partial charge in [-0.1, -0.05) is 22.9 Å². The minimum absolute atomic E-state index is 0.346. The van der Waals surface area contributed by atoms with Crippen molar-refractivity contribution < 1.29 is 9.13 Å². The van der Waals surface area contributed by atoms with Crippen LogP contribution in [0.4, 0.5) is 4.39 Å². The Morgan fingerprint density at radius 3 is 2.95 bits per heavy atom. The fourth-order valence-corrected chi connectivity index (χ4v) is 2.07. The topological polar surface area (TPSA) is 34.2 Å². The second kappa shape index (κ2) is 6.63. The third-order valence-electron chi connectivity index (χ3n) is 2.50. The molecule has 0 aliphatic carbocycles. The monoisotopic (exact) mass is 324 g/mol. The van der Waals surface area contributed by atoms with Crippen molar-refractivity contribution in [2.24, 2.45) is 0 Å². The molecule has 0 amide bonds. The Morgan fingerprint density at radius 1 is 1.37 bits per heavy atom. The maximum Gasteiger partial charge on any atom is 0.150 e. The molecule has 0 unspecified atom stereocenters. The molecule has 0 spiro atoms. The molecule has 0 radical (unpaired) electrons. The maximum atomic E-state index is 13.3. The van der Waals surface area contributed by atoms with Crippen LogP contribution in [0.15, 0.2) is 41.1 Å². The van der Waals surface area contributed by atoms with E-state index in [-0.39, 0.29) is 5.82 Å². The van der Waals surface area contributed by atoms with Crippen LogP contribution in [0.5, 0.6) is 11.5 Å². The molecule has 0 aliphatic heterocycles. The fraction of sp³-hybridized carbons (Fsp3) is 0.214. The van der Waals surface area contributed by atoms with Crippen molar-refractivity contribution in [2.75, 3.05) is 6.54 Å². The van der Waals surface area contributed by atoms with Gasteiger partial charge in [0.1, 0.15) is 17.3 Å². The Bertz CT molecular complexity index is 543. The summed E-state index contributed by atoms with van der Waals surface area (Å²) in [6, 6.07) is 6.32. The summed E-state index contributed by atoms with van der Waals surface area (Å²) < 4.78 is 19.6. The lowest BCUT2D eigenvalue weighted by Gasteiger charge is -2.11. The number of pyridine rings is 1. The lowest BCUT2D eigenvalue weighted by Crippen LogP contribution is -2.12. The molecule has 19 heavy (non-hydrogen) atoms. The van der Waals surface area contributed by atoms with Gasteiger partial charge >= 0.3 is 0 Å². The standard InChI is InChI=1S/C14H14BrFN2O/c1-2-17-8-10-3-4-18-9-14(10)19-13-6-11(15)5-12(16)7-13/h3-7,9,17H,2,8H2,1H3. The van der Waals surface area contributed by atoms with E-state index < -0.39 is 0 Å². The Hall–Kier alpha value is -1.46. The molecule has 3 nitrogen and oxygen atoms in total. The third-order valence-corrected chi connectivity index (χ3v) is 2.96. The molecule has 1 aromatic heterocycles. The normalized spacial score (nSPS) is 10.5. The molecule has 100 valence electrons. The van der Waals surface area contributed by atoms with Crippen LogP contribution in [0.2, 0.25) is 0 Å². The lowest BCUT2D eigenvalue weighted by atomic mass is 10.2. The number of nitrogens with zero attached hydrogens (tertiary/aromatic N) is 1. The Balaban J connectivity index is 2.22. The zero-order chi connectivity index (χ0) is 13.7. The Kier molecular flexibility index (Phi) is 4.87. The predicted molar refractivity (Wildman–Crippen MR) is 75.8 cm³/mol. The summed E-state index contributed by atoms with van der Waals surface area (Å²) in [5.74, 6) is 0.722. The molecule has 1 N–H and O–H groups in total. The van der Waals surface area contributed by atoms with Crippen molar-refractivity contribution in [1.29, 1.82) is 0 Å². The summed E-state index contributed by atoms with van der Waals surface area (Å²) in [6.07, 6.45) is 3.34. The van der Waals surface area contributed by atoms with Crippen LogP contribution in [0.3, 0.4) is 0 Å². The summed E-state index contributed by atoms with van der Waals surface area (Å²) in [5, 5.41) is 3.22. The zero-order valence-corrected chi connectivity index (χ0v) is 12.1. The quantitative estimate of drug-likeness (QED) is 0.906. The van der Waals surface area contributed by atoms with E-state index in [1.165, 1.54) is 12.1 Å². The van der Waals surface area contributed by atoms with Gasteiger partial charge < -0.3 is 10.1 Å². The van der Waals surface area contributed by atoms with E-state index in [0.717, 1.165) is 12.1 Å². The van der Waals surface area contributed by atoms with Gasteiger partial charge in [-0.3, -0.25) is 4.98 Å². The van der Waals surface area contributed by atoms with E-state index >= 15 is 0 Å². The second-order valence-electron chi connectivity index (χ2n) is 3.97. The van der Waals surface area contributed by atoms with Gasteiger partial charge in [0.2, 0.25) is 0 Å². The highest BCUT2D eigenvalue weighted by Gasteiger charge is 2.06. The van der Waals surface area contributed by atoms with E-state index in [9.17, 15) is 4.39 Å². The summed E-state index contributed by atoms with van der Waals surface area (Å²) in [5.41, 5.74) is 0.984. The third kappa shape index (κ3) is 4.01. The second-order valence-corrected chi connectivity index (χ2v) is 4.89. The molecule has 0 bridgehead atoms. The maximum absolute atomic E-state index is 13.3. The largest absolute Gasteiger partial charge is 0.455 e. The molecule has 0 saturated heterocycles. The van der Waals surface area contributed by atoms with Crippen molar-refractivity contribution >= 4 is 15.9 Å². The van der Waals surface area contributed by atoms with E-state index in [2.05, 4.69) is 26.2 Å². The van der Waals surface area contributed by atoms with Crippen molar-refractivity contribution in [1.82, 2.24) is 10.3 Å². The first-order chi connectivity index (χ1) is 9.19. The van der Waals surface area contributed by atoms with E-state index in [1.807, 2.05) is 13.0 Å². The minimum atomic E-state index is -0.346. The first-order valence-electron chi connectivity index (χ1n) is 5.96. The molecule has 2 rings (SSSR count). The first kappa shape index (κ1) is 14.0. The number of benzene rings is 1. The number of halogens is 2. The Labute approximate surface area is 119 Å². The highest BCUT2D eigenvalue weighted by molar-refractivity contribution is 9.10. The zero-order valence-electron chi connectivity index (χ0n) is 10.5. The van der Waals surface area contributed by atoms with E-state index in [0.29, 0.717) is 22.5 Å². The number of hydrogen-bond donors (Lipinski definition) is 1.